The summed E-state index contributed by atoms with van der Waals surface area (Å²) < 4.78 is 0. The largest absolute Gasteiger partial charge is 0.193 e. The van der Waals surface area contributed by atoms with Crippen LogP contribution in [0.2, 0.25) is 0 Å². The summed E-state index contributed by atoms with van der Waals surface area (Å²) in [5.74, 6) is 0. The Balaban J connectivity index is 3.77. The molecule has 0 radical (unpaired) electrons. The van der Waals surface area contributed by atoms with E-state index < -0.39 is 0 Å². The van der Waals surface area contributed by atoms with Crippen LogP contribution in [0, 0.1) is 11.3 Å². The highest BCUT2D eigenvalue weighted by molar-refractivity contribution is 5.21. The average Bonchev–Trinajstić information content (AvgIpc) is 1.83. The molecule has 0 saturated carbocycles. The van der Waals surface area contributed by atoms with E-state index in [0.29, 0.717) is 6.42 Å². The molecule has 8 heavy (non-hydrogen) atoms. The Labute approximate surface area is 49.9 Å². The van der Waals surface area contributed by atoms with Crippen molar-refractivity contribution >= 4 is 0 Å². The molecule has 0 aliphatic rings. The Morgan fingerprint density at radius 2 is 2.50 bits per heavy atom. The molecule has 0 bridgehead atoms. The van der Waals surface area contributed by atoms with E-state index in [-0.39, 0.29) is 0 Å². The lowest BCUT2D eigenvalue weighted by Gasteiger charge is -1.83. The van der Waals surface area contributed by atoms with Crippen LogP contribution >= 0.6 is 0 Å². The van der Waals surface area contributed by atoms with Crippen molar-refractivity contribution in [2.24, 2.45) is 0 Å². The van der Waals surface area contributed by atoms with Crippen LogP contribution in [0.25, 0.3) is 0 Å². The zero-order valence-corrected chi connectivity index (χ0v) is 5.02. The SMILES string of the molecule is C=CC/C(C#N)=C\C. The summed E-state index contributed by atoms with van der Waals surface area (Å²) >= 11 is 0. The predicted octanol–water partition coefficient (Wildman–Crippen LogP) is 2.03. The second-order valence-corrected chi connectivity index (χ2v) is 1.42. The Morgan fingerprint density at radius 3 is 2.62 bits per heavy atom. The smallest absolute Gasteiger partial charge is 0.0946 e. The molecule has 0 aromatic rings. The minimum Gasteiger partial charge on any atom is -0.193 e. The molecule has 0 saturated heterocycles. The summed E-state index contributed by atoms with van der Waals surface area (Å²) in [6.07, 6.45) is 4.20. The van der Waals surface area contributed by atoms with Gasteiger partial charge in [-0.05, 0) is 13.3 Å². The van der Waals surface area contributed by atoms with Gasteiger partial charge in [0.25, 0.3) is 0 Å². The predicted molar refractivity (Wildman–Crippen MR) is 34.2 cm³/mol. The Hall–Kier alpha value is -1.03. The van der Waals surface area contributed by atoms with E-state index in [2.05, 4.69) is 6.58 Å². The zero-order chi connectivity index (χ0) is 6.41. The molecule has 42 valence electrons. The van der Waals surface area contributed by atoms with Crippen molar-refractivity contribution in [2.45, 2.75) is 13.3 Å². The van der Waals surface area contributed by atoms with Crippen LogP contribution in [0.4, 0.5) is 0 Å². The van der Waals surface area contributed by atoms with Gasteiger partial charge in [-0.1, -0.05) is 12.2 Å². The molecule has 1 heteroatoms. The molecule has 0 aromatic heterocycles. The van der Waals surface area contributed by atoms with E-state index in [0.717, 1.165) is 5.57 Å². The van der Waals surface area contributed by atoms with Crippen LogP contribution in [0.3, 0.4) is 0 Å². The van der Waals surface area contributed by atoms with E-state index in [1.54, 1.807) is 12.2 Å². The minimum atomic E-state index is 0.688. The summed E-state index contributed by atoms with van der Waals surface area (Å²) in [7, 11) is 0. The number of nitriles is 1. The minimum absolute atomic E-state index is 0.688. The van der Waals surface area contributed by atoms with Gasteiger partial charge in [-0.15, -0.1) is 6.58 Å². The third-order valence-corrected chi connectivity index (χ3v) is 0.856. The molecule has 0 aliphatic carbocycles. The summed E-state index contributed by atoms with van der Waals surface area (Å²) in [6, 6.07) is 2.04. The topological polar surface area (TPSA) is 23.8 Å². The van der Waals surface area contributed by atoms with Gasteiger partial charge < -0.3 is 0 Å². The van der Waals surface area contributed by atoms with Crippen molar-refractivity contribution in [2.75, 3.05) is 0 Å². The Bertz CT molecular complexity index is 137. The third-order valence-electron chi connectivity index (χ3n) is 0.856. The summed E-state index contributed by atoms with van der Waals surface area (Å²) in [5, 5.41) is 8.29. The van der Waals surface area contributed by atoms with Gasteiger partial charge in [0.05, 0.1) is 6.07 Å². The highest BCUT2D eigenvalue weighted by Crippen LogP contribution is 1.97. The van der Waals surface area contributed by atoms with E-state index >= 15 is 0 Å². The molecule has 0 heterocycles. The maximum Gasteiger partial charge on any atom is 0.0946 e. The second kappa shape index (κ2) is 4.14. The molecule has 0 amide bonds. The molecular formula is C7H9N. The van der Waals surface area contributed by atoms with Crippen molar-refractivity contribution in [3.8, 4) is 6.07 Å². The van der Waals surface area contributed by atoms with Crippen LogP contribution in [0.5, 0.6) is 0 Å². The Morgan fingerprint density at radius 1 is 1.88 bits per heavy atom. The lowest BCUT2D eigenvalue weighted by molar-refractivity contribution is 1.27. The van der Waals surface area contributed by atoms with Gasteiger partial charge in [-0.25, -0.2) is 0 Å². The molecule has 0 aromatic carbocycles. The molecule has 1 nitrogen and oxygen atoms in total. The van der Waals surface area contributed by atoms with Gasteiger partial charge in [0.1, 0.15) is 0 Å². The van der Waals surface area contributed by atoms with Gasteiger partial charge in [0.2, 0.25) is 0 Å². The van der Waals surface area contributed by atoms with Crippen molar-refractivity contribution in [3.63, 3.8) is 0 Å². The molecule has 0 spiro atoms. The fraction of sp³-hybridized carbons (Fsp3) is 0.286. The van der Waals surface area contributed by atoms with Gasteiger partial charge in [-0.3, -0.25) is 0 Å². The van der Waals surface area contributed by atoms with Crippen LogP contribution < -0.4 is 0 Å². The van der Waals surface area contributed by atoms with Crippen molar-refractivity contribution in [1.29, 1.82) is 5.26 Å². The number of hydrogen-bond acceptors (Lipinski definition) is 1. The molecule has 0 aliphatic heterocycles. The summed E-state index contributed by atoms with van der Waals surface area (Å²) in [5.41, 5.74) is 0.778. The van der Waals surface area contributed by atoms with Crippen molar-refractivity contribution < 1.29 is 0 Å². The highest BCUT2D eigenvalue weighted by atomic mass is 14.2. The maximum absolute atomic E-state index is 8.29. The average molecular weight is 107 g/mol. The van der Waals surface area contributed by atoms with E-state index in [1.165, 1.54) is 0 Å². The van der Waals surface area contributed by atoms with Crippen LogP contribution in [0.15, 0.2) is 24.3 Å². The molecule has 0 rings (SSSR count). The zero-order valence-electron chi connectivity index (χ0n) is 5.02. The third kappa shape index (κ3) is 2.20. The lowest BCUT2D eigenvalue weighted by atomic mass is 10.2. The lowest BCUT2D eigenvalue weighted by Crippen LogP contribution is -1.70. The van der Waals surface area contributed by atoms with Crippen LogP contribution in [-0.2, 0) is 0 Å². The molecule has 0 atom stereocenters. The molecular weight excluding hydrogens is 98.1 g/mol. The first-order chi connectivity index (χ1) is 3.85. The monoisotopic (exact) mass is 107 g/mol. The van der Waals surface area contributed by atoms with Gasteiger partial charge in [0.15, 0.2) is 0 Å². The van der Waals surface area contributed by atoms with E-state index in [1.807, 2.05) is 13.0 Å². The quantitative estimate of drug-likeness (QED) is 0.391. The summed E-state index contributed by atoms with van der Waals surface area (Å²) in [4.78, 5) is 0. The number of nitrogens with zero attached hydrogens (tertiary/aromatic N) is 1. The number of allylic oxidation sites excluding steroid dienone is 3. The Kier molecular flexibility index (Phi) is 3.60. The first kappa shape index (κ1) is 6.97. The number of rotatable bonds is 2. The first-order valence-electron chi connectivity index (χ1n) is 2.51. The fourth-order valence-electron chi connectivity index (χ4n) is 0.384. The second-order valence-electron chi connectivity index (χ2n) is 1.42. The standard InChI is InChI=1S/C7H9N/c1-3-5-7(4-2)6-8/h3-4H,1,5H2,2H3/b7-4+. The van der Waals surface area contributed by atoms with Crippen LogP contribution in [0.1, 0.15) is 13.3 Å². The highest BCUT2D eigenvalue weighted by Gasteiger charge is 1.84. The van der Waals surface area contributed by atoms with E-state index in [9.17, 15) is 0 Å². The maximum atomic E-state index is 8.29. The summed E-state index contributed by atoms with van der Waals surface area (Å²) in [6.45, 7) is 5.35. The normalized spacial score (nSPS) is 10.2. The van der Waals surface area contributed by atoms with E-state index in [4.69, 9.17) is 5.26 Å². The fourth-order valence-corrected chi connectivity index (χ4v) is 0.384. The van der Waals surface area contributed by atoms with Gasteiger partial charge in [0, 0.05) is 5.57 Å². The van der Waals surface area contributed by atoms with Crippen LogP contribution in [-0.4, -0.2) is 0 Å². The van der Waals surface area contributed by atoms with Crippen molar-refractivity contribution in [3.05, 3.63) is 24.3 Å². The first-order valence-corrected chi connectivity index (χ1v) is 2.51. The van der Waals surface area contributed by atoms with Crippen molar-refractivity contribution in [1.82, 2.24) is 0 Å². The van der Waals surface area contributed by atoms with Gasteiger partial charge >= 0.3 is 0 Å². The molecule has 0 N–H and O–H groups in total. The molecule has 0 fully saturated rings. The number of hydrogen-bond donors (Lipinski definition) is 0. The molecule has 0 unspecified atom stereocenters. The van der Waals surface area contributed by atoms with Gasteiger partial charge in [-0.2, -0.15) is 5.26 Å².